The summed E-state index contributed by atoms with van der Waals surface area (Å²) in [6.07, 6.45) is 4.95. The third kappa shape index (κ3) is 5.67. The molecule has 19 heavy (non-hydrogen) atoms. The zero-order valence-corrected chi connectivity index (χ0v) is 16.0. The van der Waals surface area contributed by atoms with Gasteiger partial charge in [-0.05, 0) is 31.9 Å². The van der Waals surface area contributed by atoms with E-state index < -0.39 is 9.41 Å². The molecule has 2 atom stereocenters. The Balaban J connectivity index is 2.55. The second-order valence-corrected chi connectivity index (χ2v) is 8.25. The highest BCUT2D eigenvalue weighted by Crippen LogP contribution is 2.45. The number of imidazole rings is 1. The first kappa shape index (κ1) is 18.0. The molecular weight excluding hydrogens is 525 g/mol. The van der Waals surface area contributed by atoms with Gasteiger partial charge in [-0.15, -0.1) is 0 Å². The second-order valence-electron chi connectivity index (χ2n) is 4.05. The van der Waals surface area contributed by atoms with Gasteiger partial charge in [-0.1, -0.05) is 31.9 Å². The van der Waals surface area contributed by atoms with Crippen LogP contribution in [-0.2, 0) is 13.1 Å². The lowest BCUT2D eigenvalue weighted by atomic mass is 10.3. The fraction of sp³-hybridized carbons (Fsp3) is 0.700. The maximum absolute atomic E-state index is 13.6. The van der Waals surface area contributed by atoms with E-state index in [-0.39, 0.29) is 17.8 Å². The van der Waals surface area contributed by atoms with Crippen molar-refractivity contribution in [1.29, 1.82) is 0 Å². The van der Waals surface area contributed by atoms with Crippen LogP contribution in [0.5, 0.6) is 0 Å². The van der Waals surface area contributed by atoms with Crippen LogP contribution in [0.4, 0.5) is 13.2 Å². The summed E-state index contributed by atoms with van der Waals surface area (Å²) >= 11 is 11.3. The number of hydrogen-bond donors (Lipinski definition) is 0. The molecule has 0 amide bonds. The van der Waals surface area contributed by atoms with E-state index in [4.69, 9.17) is 0 Å². The lowest BCUT2D eigenvalue weighted by molar-refractivity contribution is -0.694. The van der Waals surface area contributed by atoms with Gasteiger partial charge in [0.25, 0.3) is 0 Å². The van der Waals surface area contributed by atoms with Gasteiger partial charge in [0.05, 0.1) is 11.4 Å². The topological polar surface area (TPSA) is 8.81 Å². The molecule has 1 aromatic heterocycles. The van der Waals surface area contributed by atoms with Gasteiger partial charge < -0.3 is 0 Å². The van der Waals surface area contributed by atoms with E-state index >= 15 is 0 Å². The predicted molar refractivity (Wildman–Crippen MR) is 82.4 cm³/mol. The summed E-state index contributed by atoms with van der Waals surface area (Å²) in [5, 5.41) is 0.802. The molecule has 0 radical (unpaired) electrons. The van der Waals surface area contributed by atoms with E-state index in [1.165, 1.54) is 0 Å². The number of nitrogens with zero attached hydrogens (tertiary/aromatic N) is 2. The first-order valence-corrected chi connectivity index (χ1v) is 8.97. The van der Waals surface area contributed by atoms with Gasteiger partial charge >= 0.3 is 4.83 Å². The fourth-order valence-corrected chi connectivity index (χ4v) is 2.28. The Bertz CT molecular complexity index is 406. The van der Waals surface area contributed by atoms with Crippen LogP contribution in [0.2, 0.25) is 0 Å². The highest BCUT2D eigenvalue weighted by atomic mass is 79.9. The Morgan fingerprint density at radius 2 is 1.89 bits per heavy atom. The number of halogens is 7. The largest absolute Gasteiger partial charge is 0.344 e. The highest BCUT2D eigenvalue weighted by Gasteiger charge is 2.51. The maximum Gasteiger partial charge on any atom is 0.344 e. The molecule has 0 saturated carbocycles. The number of rotatable bonds is 7. The van der Waals surface area contributed by atoms with E-state index in [9.17, 15) is 13.2 Å². The van der Waals surface area contributed by atoms with Crippen molar-refractivity contribution in [3.05, 3.63) is 18.7 Å². The molecule has 0 spiro atoms. The first-order chi connectivity index (χ1) is 8.65. The number of aromatic nitrogens is 2. The molecule has 0 aliphatic heterocycles. The van der Waals surface area contributed by atoms with Crippen molar-refractivity contribution in [2.24, 2.45) is 0 Å². The molecule has 0 saturated heterocycles. The minimum Gasteiger partial charge on any atom is -0.237 e. The summed E-state index contributed by atoms with van der Waals surface area (Å²) in [4.78, 5) is -3.32. The molecule has 110 valence electrons. The van der Waals surface area contributed by atoms with Crippen LogP contribution in [0.15, 0.2) is 18.7 Å². The smallest absolute Gasteiger partial charge is 0.237 e. The van der Waals surface area contributed by atoms with Crippen molar-refractivity contribution >= 4 is 63.7 Å². The molecule has 0 aliphatic carbocycles. The SMILES string of the molecule is FC(F)(Br)C(F)(Br)CCn1cc[n+](CC(Br)CBr)c1. The zero-order valence-electron chi connectivity index (χ0n) is 9.68. The molecule has 0 fully saturated rings. The van der Waals surface area contributed by atoms with Crippen LogP contribution < -0.4 is 4.57 Å². The first-order valence-electron chi connectivity index (χ1n) is 5.35. The summed E-state index contributed by atoms with van der Waals surface area (Å²) in [5.74, 6) is 0. The Hall–Kier alpha value is 0.920. The Morgan fingerprint density at radius 1 is 1.26 bits per heavy atom. The van der Waals surface area contributed by atoms with Gasteiger partial charge in [-0.2, -0.15) is 8.78 Å². The Labute approximate surface area is 143 Å². The molecule has 0 bridgehead atoms. The second kappa shape index (κ2) is 7.26. The van der Waals surface area contributed by atoms with Crippen LogP contribution in [0.25, 0.3) is 0 Å². The summed E-state index contributed by atoms with van der Waals surface area (Å²) in [6, 6.07) is 0. The average Bonchev–Trinajstić information content (AvgIpc) is 2.72. The monoisotopic (exact) mass is 533 g/mol. The van der Waals surface area contributed by atoms with Gasteiger partial charge in [0.15, 0.2) is 0 Å². The van der Waals surface area contributed by atoms with Gasteiger partial charge in [-0.3, -0.25) is 0 Å². The van der Waals surface area contributed by atoms with Crippen molar-refractivity contribution in [2.75, 3.05) is 5.33 Å². The summed E-state index contributed by atoms with van der Waals surface area (Å²) in [5.41, 5.74) is 0. The fourth-order valence-electron chi connectivity index (χ4n) is 1.37. The van der Waals surface area contributed by atoms with Crippen LogP contribution in [0, 0.1) is 0 Å². The molecule has 1 aromatic rings. The van der Waals surface area contributed by atoms with Gasteiger partial charge in [0.2, 0.25) is 10.9 Å². The van der Waals surface area contributed by atoms with Crippen molar-refractivity contribution in [3.8, 4) is 0 Å². The Kier molecular flexibility index (Phi) is 6.87. The molecule has 1 heterocycles. The molecule has 2 unspecified atom stereocenters. The quantitative estimate of drug-likeness (QED) is 0.362. The molecule has 0 aromatic carbocycles. The molecular formula is C10H12Br4F3N2+. The van der Waals surface area contributed by atoms with Gasteiger partial charge in [0, 0.05) is 11.8 Å². The van der Waals surface area contributed by atoms with E-state index in [0.717, 1.165) is 11.9 Å². The van der Waals surface area contributed by atoms with Crippen LogP contribution in [0.1, 0.15) is 6.42 Å². The Morgan fingerprint density at radius 3 is 2.42 bits per heavy atom. The molecule has 1 rings (SSSR count). The minimum absolute atomic E-state index is 0.150. The van der Waals surface area contributed by atoms with Crippen molar-refractivity contribution in [2.45, 2.75) is 33.7 Å². The van der Waals surface area contributed by atoms with Gasteiger partial charge in [-0.25, -0.2) is 13.5 Å². The third-order valence-electron chi connectivity index (χ3n) is 2.42. The normalized spacial score (nSPS) is 17.2. The minimum atomic E-state index is -3.60. The number of aryl methyl sites for hydroxylation is 1. The molecule has 2 nitrogen and oxygen atoms in total. The predicted octanol–water partition coefficient (Wildman–Crippen LogP) is 4.37. The molecule has 0 aliphatic rings. The highest BCUT2D eigenvalue weighted by molar-refractivity contribution is 9.12. The van der Waals surface area contributed by atoms with Crippen molar-refractivity contribution in [3.63, 3.8) is 0 Å². The number of alkyl halides is 7. The molecule has 9 heteroatoms. The van der Waals surface area contributed by atoms with E-state index in [1.54, 1.807) is 17.1 Å². The maximum atomic E-state index is 13.6. The summed E-state index contributed by atoms with van der Waals surface area (Å²) in [6.45, 7) is 0.888. The average molecular weight is 537 g/mol. The summed E-state index contributed by atoms with van der Waals surface area (Å²) in [7, 11) is 0. The lowest BCUT2D eigenvalue weighted by Gasteiger charge is -2.22. The standard InChI is InChI=1S/C10H12Br4F3N2/c11-5-8(12)6-19-4-3-18(7-19)2-1-9(13,15)10(14,16)17/h3-4,7-8H,1-2,5-6H2/q+1. The summed E-state index contributed by atoms with van der Waals surface area (Å²) < 4.78 is 40.2. The van der Waals surface area contributed by atoms with E-state index in [1.807, 2.05) is 26.7 Å². The van der Waals surface area contributed by atoms with E-state index in [2.05, 4.69) is 47.8 Å². The molecule has 0 N–H and O–H groups in total. The van der Waals surface area contributed by atoms with Crippen LogP contribution >= 0.6 is 63.7 Å². The lowest BCUT2D eigenvalue weighted by Crippen LogP contribution is -2.37. The van der Waals surface area contributed by atoms with Gasteiger partial charge in [0.1, 0.15) is 18.9 Å². The van der Waals surface area contributed by atoms with E-state index in [0.29, 0.717) is 0 Å². The van der Waals surface area contributed by atoms with Crippen LogP contribution in [-0.4, -0.2) is 24.1 Å². The van der Waals surface area contributed by atoms with Crippen molar-refractivity contribution in [1.82, 2.24) is 4.57 Å². The zero-order chi connectivity index (χ0) is 14.7. The third-order valence-corrected chi connectivity index (χ3v) is 6.74. The van der Waals surface area contributed by atoms with Crippen LogP contribution in [0.3, 0.4) is 0 Å². The van der Waals surface area contributed by atoms with Crippen molar-refractivity contribution < 1.29 is 17.7 Å². The number of hydrogen-bond acceptors (Lipinski definition) is 0.